The Bertz CT molecular complexity index is 1380. The van der Waals surface area contributed by atoms with Crippen LogP contribution in [-0.4, -0.2) is 46.3 Å². The first-order valence-electron chi connectivity index (χ1n) is 11.0. The summed E-state index contributed by atoms with van der Waals surface area (Å²) < 4.78 is 21.1. The summed E-state index contributed by atoms with van der Waals surface area (Å²) in [4.78, 5) is 18.8. The van der Waals surface area contributed by atoms with Gasteiger partial charge >= 0.3 is 0 Å². The molecule has 2 aliphatic heterocycles. The summed E-state index contributed by atoms with van der Waals surface area (Å²) in [5, 5.41) is 7.86. The molecule has 33 heavy (non-hydrogen) atoms. The lowest BCUT2D eigenvalue weighted by molar-refractivity contribution is -0.115. The van der Waals surface area contributed by atoms with Gasteiger partial charge in [-0.15, -0.1) is 0 Å². The number of ether oxygens (including phenoxy) is 1. The predicted molar refractivity (Wildman–Crippen MR) is 124 cm³/mol. The van der Waals surface area contributed by atoms with E-state index in [0.717, 1.165) is 51.6 Å². The maximum Gasteiger partial charge on any atom is 0.228 e. The van der Waals surface area contributed by atoms with Crippen LogP contribution in [0.5, 0.6) is 0 Å². The van der Waals surface area contributed by atoms with Gasteiger partial charge in [-0.3, -0.25) is 4.79 Å². The number of benzene rings is 2. The Morgan fingerprint density at radius 3 is 2.76 bits per heavy atom. The van der Waals surface area contributed by atoms with Crippen molar-refractivity contribution in [3.05, 3.63) is 66.1 Å². The van der Waals surface area contributed by atoms with Crippen molar-refractivity contribution in [3.8, 4) is 22.4 Å². The molecule has 0 bridgehead atoms. The van der Waals surface area contributed by atoms with Crippen molar-refractivity contribution in [2.45, 2.75) is 19.4 Å². The molecule has 2 aromatic carbocycles. The molecule has 2 aliphatic rings. The lowest BCUT2D eigenvalue weighted by Gasteiger charge is -2.33. The zero-order valence-corrected chi connectivity index (χ0v) is 18.1. The summed E-state index contributed by atoms with van der Waals surface area (Å²) in [5.41, 5.74) is 6.12. The Balaban J connectivity index is 1.59. The van der Waals surface area contributed by atoms with Crippen LogP contribution in [0.25, 0.3) is 27.9 Å². The fraction of sp³-hybridized carbons (Fsp3) is 0.240. The summed E-state index contributed by atoms with van der Waals surface area (Å²) in [7, 11) is 0. The largest absolute Gasteiger partial charge is 0.377 e. The lowest BCUT2D eigenvalue weighted by Crippen LogP contribution is -2.45. The van der Waals surface area contributed by atoms with Gasteiger partial charge in [-0.05, 0) is 60.5 Å². The molecule has 2 aromatic heterocycles. The highest BCUT2D eigenvalue weighted by Gasteiger charge is 2.26. The molecular weight excluding hydrogens is 421 g/mol. The van der Waals surface area contributed by atoms with Crippen LogP contribution in [0.3, 0.4) is 0 Å². The second-order valence-corrected chi connectivity index (χ2v) is 8.49. The van der Waals surface area contributed by atoms with Crippen LogP contribution in [0.4, 0.5) is 16.0 Å². The van der Waals surface area contributed by atoms with E-state index in [1.54, 1.807) is 18.3 Å². The number of halogens is 1. The minimum absolute atomic E-state index is 0.00596. The van der Waals surface area contributed by atoms with E-state index in [9.17, 15) is 9.18 Å². The number of aromatic nitrogens is 3. The highest BCUT2D eigenvalue weighted by atomic mass is 19.1. The molecule has 6 rings (SSSR count). The lowest BCUT2D eigenvalue weighted by atomic mass is 9.97. The molecule has 0 saturated carbocycles. The van der Waals surface area contributed by atoms with Crippen LogP contribution in [-0.2, 0) is 16.0 Å². The maximum absolute atomic E-state index is 13.7. The number of rotatable bonds is 3. The molecule has 8 heteroatoms. The van der Waals surface area contributed by atoms with Crippen LogP contribution in [0.1, 0.15) is 12.5 Å². The number of nitrogens with one attached hydrogen (secondary N) is 1. The van der Waals surface area contributed by atoms with Gasteiger partial charge in [-0.25, -0.2) is 9.37 Å². The van der Waals surface area contributed by atoms with Crippen molar-refractivity contribution in [1.29, 1.82) is 0 Å². The molecule has 1 amide bonds. The van der Waals surface area contributed by atoms with Gasteiger partial charge in [0.05, 0.1) is 31.2 Å². The van der Waals surface area contributed by atoms with E-state index in [-0.39, 0.29) is 17.8 Å². The first-order valence-corrected chi connectivity index (χ1v) is 11.0. The molecule has 1 N–H and O–H groups in total. The Labute approximate surface area is 189 Å². The normalized spacial score (nSPS) is 17.9. The molecule has 0 radical (unpaired) electrons. The van der Waals surface area contributed by atoms with Gasteiger partial charge in [0.25, 0.3) is 0 Å². The van der Waals surface area contributed by atoms with Gasteiger partial charge in [0.2, 0.25) is 11.9 Å². The zero-order valence-electron chi connectivity index (χ0n) is 18.1. The molecule has 4 aromatic rings. The predicted octanol–water partition coefficient (Wildman–Crippen LogP) is 3.92. The Hall–Kier alpha value is -3.78. The summed E-state index contributed by atoms with van der Waals surface area (Å²) in [5.74, 6) is 0.445. The quantitative estimate of drug-likeness (QED) is 0.520. The molecule has 1 saturated heterocycles. The van der Waals surface area contributed by atoms with Crippen LogP contribution in [0.15, 0.2) is 54.7 Å². The third kappa shape index (κ3) is 3.34. The molecule has 1 fully saturated rings. The van der Waals surface area contributed by atoms with Gasteiger partial charge in [0, 0.05) is 29.6 Å². The SMILES string of the molecule is CC1COCCN1c1nccc2c(-c3ccc4c(c3)CC(=O)N4)c(-c3ccc(F)cc3)nn12. The number of anilines is 2. The fourth-order valence-electron chi connectivity index (χ4n) is 4.67. The minimum Gasteiger partial charge on any atom is -0.377 e. The molecule has 7 nitrogen and oxygen atoms in total. The van der Waals surface area contributed by atoms with Crippen LogP contribution < -0.4 is 10.2 Å². The number of carbonyl (C=O) groups excluding carboxylic acids is 1. The van der Waals surface area contributed by atoms with Crippen molar-refractivity contribution in [1.82, 2.24) is 14.6 Å². The number of nitrogens with zero attached hydrogens (tertiary/aromatic N) is 4. The van der Waals surface area contributed by atoms with Gasteiger partial charge < -0.3 is 15.0 Å². The number of amides is 1. The van der Waals surface area contributed by atoms with E-state index in [4.69, 9.17) is 9.84 Å². The average Bonchev–Trinajstić information content (AvgIpc) is 3.39. The van der Waals surface area contributed by atoms with Crippen molar-refractivity contribution in [2.24, 2.45) is 0 Å². The minimum atomic E-state index is -0.296. The van der Waals surface area contributed by atoms with Crippen LogP contribution in [0, 0.1) is 5.82 Å². The molecule has 0 aliphatic carbocycles. The molecule has 1 atom stereocenters. The molecule has 166 valence electrons. The van der Waals surface area contributed by atoms with Gasteiger partial charge in [0.15, 0.2) is 0 Å². The molecule has 1 unspecified atom stereocenters. The molecule has 4 heterocycles. The smallest absolute Gasteiger partial charge is 0.228 e. The first-order chi connectivity index (χ1) is 16.1. The van der Waals surface area contributed by atoms with Gasteiger partial charge in [-0.2, -0.15) is 9.61 Å². The summed E-state index contributed by atoms with van der Waals surface area (Å²) in [6.45, 7) is 4.09. The highest BCUT2D eigenvalue weighted by molar-refractivity contribution is 6.01. The van der Waals surface area contributed by atoms with E-state index < -0.39 is 0 Å². The standard InChI is InChI=1S/C25H22FN5O2/c1-15-14-33-11-10-30(15)25-27-9-8-21-23(17-4-7-20-18(12-17)13-22(32)28-20)24(29-31(21)25)16-2-5-19(26)6-3-16/h2-9,12,15H,10-11,13-14H2,1H3,(H,28,32). The van der Waals surface area contributed by atoms with E-state index in [0.29, 0.717) is 19.6 Å². The Morgan fingerprint density at radius 1 is 1.12 bits per heavy atom. The maximum atomic E-state index is 13.7. The topological polar surface area (TPSA) is 71.8 Å². The van der Waals surface area contributed by atoms with E-state index in [2.05, 4.69) is 22.1 Å². The number of carbonyl (C=O) groups is 1. The fourth-order valence-corrected chi connectivity index (χ4v) is 4.67. The summed E-state index contributed by atoms with van der Waals surface area (Å²) >= 11 is 0. The Kier molecular flexibility index (Phi) is 4.62. The zero-order chi connectivity index (χ0) is 22.5. The molecular formula is C25H22FN5O2. The third-order valence-electron chi connectivity index (χ3n) is 6.29. The third-order valence-corrected chi connectivity index (χ3v) is 6.29. The Morgan fingerprint density at radius 2 is 1.94 bits per heavy atom. The van der Waals surface area contributed by atoms with Crippen molar-refractivity contribution in [2.75, 3.05) is 30.0 Å². The number of fused-ring (bicyclic) bond motifs is 2. The van der Waals surface area contributed by atoms with E-state index in [1.165, 1.54) is 12.1 Å². The van der Waals surface area contributed by atoms with Crippen molar-refractivity contribution < 1.29 is 13.9 Å². The summed E-state index contributed by atoms with van der Waals surface area (Å²) in [6, 6.07) is 14.4. The summed E-state index contributed by atoms with van der Waals surface area (Å²) in [6.07, 6.45) is 2.15. The molecule has 0 spiro atoms. The van der Waals surface area contributed by atoms with Gasteiger partial charge in [0.1, 0.15) is 11.5 Å². The van der Waals surface area contributed by atoms with Crippen LogP contribution >= 0.6 is 0 Å². The first kappa shape index (κ1) is 19.9. The number of hydrogen-bond donors (Lipinski definition) is 1. The van der Waals surface area contributed by atoms with E-state index in [1.807, 2.05) is 28.8 Å². The van der Waals surface area contributed by atoms with Gasteiger partial charge in [-0.1, -0.05) is 6.07 Å². The number of morpholine rings is 1. The van der Waals surface area contributed by atoms with Crippen molar-refractivity contribution in [3.63, 3.8) is 0 Å². The van der Waals surface area contributed by atoms with E-state index >= 15 is 0 Å². The van der Waals surface area contributed by atoms with Crippen molar-refractivity contribution >= 4 is 23.1 Å². The second kappa shape index (κ2) is 7.67. The monoisotopic (exact) mass is 443 g/mol. The number of hydrogen-bond acceptors (Lipinski definition) is 5. The highest BCUT2D eigenvalue weighted by Crippen LogP contribution is 2.39. The second-order valence-electron chi connectivity index (χ2n) is 8.49. The van der Waals surface area contributed by atoms with Crippen LogP contribution in [0.2, 0.25) is 0 Å². The average molecular weight is 443 g/mol.